The molecule has 3 amide bonds. The number of halogens is 1. The van der Waals surface area contributed by atoms with Gasteiger partial charge in [0.25, 0.3) is 5.91 Å². The number of nitrogens with zero attached hydrogens (tertiary/aromatic N) is 3. The molecule has 0 unspecified atom stereocenters. The number of carbonyl (C=O) groups excluding carboxylic acids is 3. The van der Waals surface area contributed by atoms with E-state index in [0.29, 0.717) is 48.4 Å². The highest BCUT2D eigenvalue weighted by molar-refractivity contribution is 8.04. The van der Waals surface area contributed by atoms with Gasteiger partial charge in [-0.3, -0.25) is 14.5 Å². The minimum absolute atomic E-state index is 0.0668. The Balaban J connectivity index is 1.51. The molecule has 2 aliphatic rings. The van der Waals surface area contributed by atoms with E-state index in [2.05, 4.69) is 0 Å². The van der Waals surface area contributed by atoms with Crippen LogP contribution in [0.15, 0.2) is 58.3 Å². The number of para-hydroxylation sites is 1. The standard InChI is InChI=1S/C24H24ClN3O4S/c1-2-32-24(31)27-12-10-26(11-13-27)22(29)16-28-19-8-3-4-9-20(19)33-21(23(28)30)15-17-6-5-7-18(25)14-17/h3-9,14-15H,2,10-13,16H2,1H3. The van der Waals surface area contributed by atoms with Crippen LogP contribution in [0.1, 0.15) is 12.5 Å². The van der Waals surface area contributed by atoms with Gasteiger partial charge in [-0.1, -0.05) is 47.6 Å². The van der Waals surface area contributed by atoms with E-state index >= 15 is 0 Å². The molecule has 2 aromatic rings. The first kappa shape index (κ1) is 23.2. The molecule has 1 saturated heterocycles. The number of benzene rings is 2. The van der Waals surface area contributed by atoms with Gasteiger partial charge in [0.15, 0.2) is 0 Å². The Kier molecular flexibility index (Phi) is 7.25. The quantitative estimate of drug-likeness (QED) is 0.609. The molecule has 4 rings (SSSR count). The minimum Gasteiger partial charge on any atom is -0.450 e. The number of amides is 3. The van der Waals surface area contributed by atoms with Crippen molar-refractivity contribution in [3.8, 4) is 0 Å². The second-order valence-corrected chi connectivity index (χ2v) is 9.11. The molecule has 2 heterocycles. The maximum absolute atomic E-state index is 13.4. The molecule has 9 heteroatoms. The van der Waals surface area contributed by atoms with Crippen molar-refractivity contribution < 1.29 is 19.1 Å². The molecular weight excluding hydrogens is 462 g/mol. The van der Waals surface area contributed by atoms with Gasteiger partial charge in [-0.15, -0.1) is 0 Å². The first-order valence-corrected chi connectivity index (χ1v) is 11.9. The molecule has 33 heavy (non-hydrogen) atoms. The predicted octanol–water partition coefficient (Wildman–Crippen LogP) is 4.12. The molecule has 0 bridgehead atoms. The van der Waals surface area contributed by atoms with Gasteiger partial charge in [0.05, 0.1) is 17.2 Å². The van der Waals surface area contributed by atoms with Gasteiger partial charge in [0.1, 0.15) is 6.54 Å². The maximum Gasteiger partial charge on any atom is 0.409 e. The lowest BCUT2D eigenvalue weighted by atomic mass is 10.2. The van der Waals surface area contributed by atoms with Crippen molar-refractivity contribution >= 4 is 53.0 Å². The molecule has 0 aliphatic carbocycles. The minimum atomic E-state index is -0.363. The Morgan fingerprint density at radius 1 is 1.06 bits per heavy atom. The van der Waals surface area contributed by atoms with E-state index in [4.69, 9.17) is 16.3 Å². The zero-order chi connectivity index (χ0) is 23.4. The van der Waals surface area contributed by atoms with Crippen molar-refractivity contribution in [3.63, 3.8) is 0 Å². The summed E-state index contributed by atoms with van der Waals surface area (Å²) in [4.78, 5) is 44.6. The monoisotopic (exact) mass is 485 g/mol. The number of hydrogen-bond donors (Lipinski definition) is 0. The largest absolute Gasteiger partial charge is 0.450 e. The number of piperazine rings is 1. The summed E-state index contributed by atoms with van der Waals surface area (Å²) in [6.07, 6.45) is 1.43. The van der Waals surface area contributed by atoms with Crippen molar-refractivity contribution in [2.45, 2.75) is 11.8 Å². The summed E-state index contributed by atoms with van der Waals surface area (Å²) in [5.41, 5.74) is 1.54. The number of carbonyl (C=O) groups is 3. The third kappa shape index (κ3) is 5.34. The van der Waals surface area contributed by atoms with Gasteiger partial charge in [-0.25, -0.2) is 4.79 Å². The summed E-state index contributed by atoms with van der Waals surface area (Å²) in [6, 6.07) is 14.8. The van der Waals surface area contributed by atoms with Gasteiger partial charge in [0.2, 0.25) is 5.91 Å². The molecule has 2 aromatic carbocycles. The molecule has 0 N–H and O–H groups in total. The first-order valence-electron chi connectivity index (χ1n) is 10.7. The summed E-state index contributed by atoms with van der Waals surface area (Å²) in [7, 11) is 0. The Morgan fingerprint density at radius 3 is 2.52 bits per heavy atom. The fourth-order valence-electron chi connectivity index (χ4n) is 3.76. The number of fused-ring (bicyclic) bond motifs is 1. The van der Waals surface area contributed by atoms with Crippen molar-refractivity contribution in [2.24, 2.45) is 0 Å². The topological polar surface area (TPSA) is 70.2 Å². The summed E-state index contributed by atoms with van der Waals surface area (Å²) in [5.74, 6) is -0.382. The number of thioether (sulfide) groups is 1. The Bertz CT molecular complexity index is 1100. The highest BCUT2D eigenvalue weighted by atomic mass is 35.5. The van der Waals surface area contributed by atoms with E-state index in [1.165, 1.54) is 16.7 Å². The van der Waals surface area contributed by atoms with E-state index in [-0.39, 0.29) is 24.5 Å². The zero-order valence-electron chi connectivity index (χ0n) is 18.2. The lowest BCUT2D eigenvalue weighted by Crippen LogP contribution is -2.53. The number of anilines is 1. The molecule has 0 atom stereocenters. The summed E-state index contributed by atoms with van der Waals surface area (Å²) in [6.45, 7) is 3.64. The van der Waals surface area contributed by atoms with Crippen LogP contribution >= 0.6 is 23.4 Å². The Morgan fingerprint density at radius 2 is 1.79 bits per heavy atom. The molecule has 1 fully saturated rings. The average molecular weight is 486 g/mol. The lowest BCUT2D eigenvalue weighted by molar-refractivity contribution is -0.132. The fourth-order valence-corrected chi connectivity index (χ4v) is 5.01. The van der Waals surface area contributed by atoms with Crippen LogP contribution in [0.4, 0.5) is 10.5 Å². The van der Waals surface area contributed by atoms with Crippen LogP contribution in [-0.2, 0) is 14.3 Å². The maximum atomic E-state index is 13.4. The first-order chi connectivity index (χ1) is 16.0. The van der Waals surface area contributed by atoms with E-state index in [1.54, 1.807) is 34.9 Å². The van der Waals surface area contributed by atoms with E-state index in [9.17, 15) is 14.4 Å². The molecule has 0 saturated carbocycles. The highest BCUT2D eigenvalue weighted by Gasteiger charge is 2.33. The van der Waals surface area contributed by atoms with Gasteiger partial charge >= 0.3 is 6.09 Å². The SMILES string of the molecule is CCOC(=O)N1CCN(C(=O)CN2C(=O)C(=Cc3cccc(Cl)c3)Sc3ccccc32)CC1. The van der Waals surface area contributed by atoms with Crippen LogP contribution in [0.25, 0.3) is 6.08 Å². The second-order valence-electron chi connectivity index (χ2n) is 7.59. The van der Waals surface area contributed by atoms with Gasteiger partial charge in [-0.2, -0.15) is 0 Å². The molecule has 0 spiro atoms. The molecule has 7 nitrogen and oxygen atoms in total. The average Bonchev–Trinajstić information content (AvgIpc) is 2.82. The number of hydrogen-bond acceptors (Lipinski definition) is 5. The third-order valence-corrected chi connectivity index (χ3v) is 6.74. The van der Waals surface area contributed by atoms with Crippen LogP contribution in [-0.4, -0.2) is 67.0 Å². The van der Waals surface area contributed by atoms with E-state index < -0.39 is 0 Å². The van der Waals surface area contributed by atoms with Crippen molar-refractivity contribution in [2.75, 3.05) is 44.2 Å². The summed E-state index contributed by atoms with van der Waals surface area (Å²) in [5, 5.41) is 0.590. The van der Waals surface area contributed by atoms with Gasteiger partial charge < -0.3 is 14.5 Å². The Hall–Kier alpha value is -2.97. The van der Waals surface area contributed by atoms with Crippen LogP contribution < -0.4 is 4.90 Å². The summed E-state index contributed by atoms with van der Waals surface area (Å²) >= 11 is 7.48. The molecule has 2 aliphatic heterocycles. The van der Waals surface area contributed by atoms with E-state index in [0.717, 1.165) is 10.5 Å². The second kappa shape index (κ2) is 10.3. The smallest absolute Gasteiger partial charge is 0.409 e. The molecule has 172 valence electrons. The van der Waals surface area contributed by atoms with Crippen LogP contribution in [0, 0.1) is 0 Å². The lowest BCUT2D eigenvalue weighted by Gasteiger charge is -2.36. The number of ether oxygens (including phenoxy) is 1. The third-order valence-electron chi connectivity index (χ3n) is 5.43. The van der Waals surface area contributed by atoms with Gasteiger partial charge in [0, 0.05) is 36.1 Å². The van der Waals surface area contributed by atoms with Crippen LogP contribution in [0.5, 0.6) is 0 Å². The molecule has 0 aromatic heterocycles. The number of rotatable bonds is 4. The fraction of sp³-hybridized carbons (Fsp3) is 0.292. The van der Waals surface area contributed by atoms with Crippen LogP contribution in [0.2, 0.25) is 5.02 Å². The summed E-state index contributed by atoms with van der Waals surface area (Å²) < 4.78 is 5.03. The molecular formula is C24H24ClN3O4S. The van der Waals surface area contributed by atoms with Gasteiger partial charge in [-0.05, 0) is 42.8 Å². The van der Waals surface area contributed by atoms with Crippen molar-refractivity contribution in [1.29, 1.82) is 0 Å². The predicted molar refractivity (Wildman–Crippen MR) is 129 cm³/mol. The van der Waals surface area contributed by atoms with E-state index in [1.807, 2.05) is 36.4 Å². The normalized spacial score (nSPS) is 17.2. The van der Waals surface area contributed by atoms with Crippen molar-refractivity contribution in [1.82, 2.24) is 9.80 Å². The molecule has 0 radical (unpaired) electrons. The highest BCUT2D eigenvalue weighted by Crippen LogP contribution is 2.42. The van der Waals surface area contributed by atoms with Crippen LogP contribution in [0.3, 0.4) is 0 Å². The van der Waals surface area contributed by atoms with Crippen molar-refractivity contribution in [3.05, 3.63) is 64.0 Å². The Labute approximate surface area is 201 Å². The zero-order valence-corrected chi connectivity index (χ0v) is 19.8.